The van der Waals surface area contributed by atoms with Gasteiger partial charge in [0.1, 0.15) is 11.3 Å². The fraction of sp³-hybridized carbons (Fsp3) is 0.217. The number of ether oxygens (including phenoxy) is 1. The highest BCUT2D eigenvalue weighted by Crippen LogP contribution is 2.23. The predicted molar refractivity (Wildman–Crippen MR) is 118 cm³/mol. The third-order valence-electron chi connectivity index (χ3n) is 5.18. The smallest absolute Gasteiger partial charge is 0.305 e. The molecular weight excluding hydrogens is 415 g/mol. The lowest BCUT2D eigenvalue weighted by Crippen LogP contribution is -2.15. The number of methoxy groups -OCH3 is 1. The second-order valence-corrected chi connectivity index (χ2v) is 7.31. The summed E-state index contributed by atoms with van der Waals surface area (Å²) in [5.41, 5.74) is 1.54. The van der Waals surface area contributed by atoms with Gasteiger partial charge in [-0.3, -0.25) is 24.5 Å². The number of anilines is 1. The number of para-hydroxylation sites is 1. The molecule has 0 spiro atoms. The number of H-pyrrole nitrogens is 1. The number of nitrogens with zero attached hydrogens (tertiary/aromatic N) is 2. The van der Waals surface area contributed by atoms with Crippen molar-refractivity contribution >= 4 is 39.4 Å². The van der Waals surface area contributed by atoms with E-state index in [0.29, 0.717) is 40.5 Å². The van der Waals surface area contributed by atoms with Crippen LogP contribution < -0.4 is 10.9 Å². The molecule has 0 fully saturated rings. The summed E-state index contributed by atoms with van der Waals surface area (Å²) in [6.07, 6.45) is 3.10. The highest BCUT2D eigenvalue weighted by molar-refractivity contribution is 6.02. The summed E-state index contributed by atoms with van der Waals surface area (Å²) < 4.78 is 20.0. The van der Waals surface area contributed by atoms with Crippen molar-refractivity contribution in [1.29, 1.82) is 0 Å². The van der Waals surface area contributed by atoms with Gasteiger partial charge in [-0.25, -0.2) is 9.07 Å². The first kappa shape index (κ1) is 21.2. The van der Waals surface area contributed by atoms with Crippen LogP contribution in [0.4, 0.5) is 10.1 Å². The van der Waals surface area contributed by atoms with Gasteiger partial charge in [0.2, 0.25) is 5.91 Å². The minimum atomic E-state index is -0.455. The molecule has 0 aliphatic carbocycles. The summed E-state index contributed by atoms with van der Waals surface area (Å²) in [6.45, 7) is 0. The molecule has 9 heteroatoms. The Morgan fingerprint density at radius 2 is 1.84 bits per heavy atom. The summed E-state index contributed by atoms with van der Waals surface area (Å²) in [7, 11) is 1.33. The number of esters is 1. The molecule has 164 valence electrons. The summed E-state index contributed by atoms with van der Waals surface area (Å²) in [4.78, 5) is 40.1. The van der Waals surface area contributed by atoms with Crippen LogP contribution in [0.25, 0.3) is 27.5 Å². The molecule has 2 aromatic carbocycles. The molecule has 4 aromatic rings. The van der Waals surface area contributed by atoms with Gasteiger partial charge in [0.15, 0.2) is 0 Å². The Balaban J connectivity index is 1.49. The van der Waals surface area contributed by atoms with E-state index in [1.54, 1.807) is 36.4 Å². The Bertz CT molecular complexity index is 1360. The van der Waals surface area contributed by atoms with Crippen LogP contribution in [0.1, 0.15) is 25.7 Å². The molecule has 0 bridgehead atoms. The Morgan fingerprint density at radius 3 is 2.59 bits per heavy atom. The summed E-state index contributed by atoms with van der Waals surface area (Å²) >= 11 is 0. The molecule has 0 aliphatic rings. The number of aromatic amines is 1. The molecule has 32 heavy (non-hydrogen) atoms. The monoisotopic (exact) mass is 436 g/mol. The number of benzene rings is 2. The van der Waals surface area contributed by atoms with Crippen molar-refractivity contribution in [2.45, 2.75) is 25.7 Å². The maximum Gasteiger partial charge on any atom is 0.305 e. The first-order valence-corrected chi connectivity index (χ1v) is 10.1. The van der Waals surface area contributed by atoms with Crippen molar-refractivity contribution in [3.8, 4) is 5.69 Å². The van der Waals surface area contributed by atoms with Gasteiger partial charge in [-0.05, 0) is 43.2 Å². The van der Waals surface area contributed by atoms with Gasteiger partial charge >= 0.3 is 5.97 Å². The van der Waals surface area contributed by atoms with Crippen LogP contribution >= 0.6 is 0 Å². The Morgan fingerprint density at radius 1 is 1.09 bits per heavy atom. The van der Waals surface area contributed by atoms with E-state index < -0.39 is 5.82 Å². The van der Waals surface area contributed by atoms with Gasteiger partial charge in [0, 0.05) is 30.1 Å². The molecule has 0 aliphatic heterocycles. The predicted octanol–water partition coefficient (Wildman–Crippen LogP) is 3.68. The van der Waals surface area contributed by atoms with Crippen molar-refractivity contribution in [1.82, 2.24) is 14.8 Å². The highest BCUT2D eigenvalue weighted by Gasteiger charge is 2.14. The van der Waals surface area contributed by atoms with E-state index in [2.05, 4.69) is 20.1 Å². The number of rotatable bonds is 7. The van der Waals surface area contributed by atoms with Crippen molar-refractivity contribution in [2.24, 2.45) is 0 Å². The number of hydrogen-bond acceptors (Lipinski definition) is 5. The van der Waals surface area contributed by atoms with E-state index in [-0.39, 0.29) is 35.8 Å². The summed E-state index contributed by atoms with van der Waals surface area (Å²) in [5.74, 6) is -0.907. The van der Waals surface area contributed by atoms with E-state index in [1.807, 2.05) is 0 Å². The number of carbonyl (C=O) groups excluding carboxylic acids is 2. The maximum absolute atomic E-state index is 14.0. The number of halogens is 1. The van der Waals surface area contributed by atoms with Crippen LogP contribution in [0, 0.1) is 5.82 Å². The number of fused-ring (bicyclic) bond motifs is 3. The fourth-order valence-electron chi connectivity index (χ4n) is 3.51. The van der Waals surface area contributed by atoms with Gasteiger partial charge in [0.05, 0.1) is 23.7 Å². The van der Waals surface area contributed by atoms with Crippen LogP contribution in [0.15, 0.2) is 53.5 Å². The van der Waals surface area contributed by atoms with E-state index in [4.69, 9.17) is 0 Å². The normalized spacial score (nSPS) is 11.1. The maximum atomic E-state index is 14.0. The highest BCUT2D eigenvalue weighted by atomic mass is 19.1. The van der Waals surface area contributed by atoms with Gasteiger partial charge in [-0.1, -0.05) is 12.1 Å². The van der Waals surface area contributed by atoms with Crippen LogP contribution in [0.5, 0.6) is 0 Å². The number of unbranched alkanes of at least 4 members (excludes halogenated alkanes) is 1. The largest absolute Gasteiger partial charge is 0.469 e. The lowest BCUT2D eigenvalue weighted by Gasteiger charge is -2.07. The van der Waals surface area contributed by atoms with Gasteiger partial charge < -0.3 is 10.1 Å². The lowest BCUT2D eigenvalue weighted by molar-refractivity contribution is -0.140. The molecule has 1 amide bonds. The third-order valence-corrected chi connectivity index (χ3v) is 5.18. The zero-order valence-corrected chi connectivity index (χ0v) is 17.4. The number of aromatic nitrogens is 3. The van der Waals surface area contributed by atoms with E-state index in [9.17, 15) is 18.8 Å². The molecule has 2 heterocycles. The summed E-state index contributed by atoms with van der Waals surface area (Å²) in [6, 6.07) is 11.4. The van der Waals surface area contributed by atoms with Crippen LogP contribution in [0.2, 0.25) is 0 Å². The standard InChI is InChI=1S/C23H21FN4O4/c1-32-20(30)8-3-2-7-19(29)26-14-9-11-15(12-10-14)28-23(31)17-13-25-22-16(21(17)27-28)5-4-6-18(22)24/h4-6,9-13,27H,2-3,7-8H2,1H3,(H,26,29). The first-order valence-electron chi connectivity index (χ1n) is 10.1. The second-order valence-electron chi connectivity index (χ2n) is 7.31. The van der Waals surface area contributed by atoms with Crippen molar-refractivity contribution in [3.05, 3.63) is 64.8 Å². The molecule has 2 N–H and O–H groups in total. The quantitative estimate of drug-likeness (QED) is 0.340. The zero-order valence-electron chi connectivity index (χ0n) is 17.4. The van der Waals surface area contributed by atoms with Crippen LogP contribution in [-0.2, 0) is 14.3 Å². The number of nitrogens with one attached hydrogen (secondary N) is 2. The minimum absolute atomic E-state index is 0.162. The minimum Gasteiger partial charge on any atom is -0.469 e. The van der Waals surface area contributed by atoms with Crippen LogP contribution in [0.3, 0.4) is 0 Å². The van der Waals surface area contributed by atoms with Crippen molar-refractivity contribution in [2.75, 3.05) is 12.4 Å². The topological polar surface area (TPSA) is 106 Å². The number of hydrogen-bond donors (Lipinski definition) is 2. The molecule has 0 radical (unpaired) electrons. The average molecular weight is 436 g/mol. The van der Waals surface area contributed by atoms with E-state index in [0.717, 1.165) is 0 Å². The molecular formula is C23H21FN4O4. The zero-order chi connectivity index (χ0) is 22.7. The molecule has 8 nitrogen and oxygen atoms in total. The average Bonchev–Trinajstić information content (AvgIpc) is 3.14. The number of pyridine rings is 1. The van der Waals surface area contributed by atoms with Crippen LogP contribution in [-0.4, -0.2) is 33.8 Å². The summed E-state index contributed by atoms with van der Waals surface area (Å²) in [5, 5.41) is 6.70. The van der Waals surface area contributed by atoms with Gasteiger partial charge in [-0.15, -0.1) is 0 Å². The molecule has 0 saturated heterocycles. The van der Waals surface area contributed by atoms with Gasteiger partial charge in [-0.2, -0.15) is 0 Å². The van der Waals surface area contributed by atoms with E-state index >= 15 is 0 Å². The van der Waals surface area contributed by atoms with E-state index in [1.165, 1.54) is 24.1 Å². The molecule has 0 atom stereocenters. The molecule has 0 unspecified atom stereocenters. The third kappa shape index (κ3) is 4.22. The van der Waals surface area contributed by atoms with Crippen molar-refractivity contribution < 1.29 is 18.7 Å². The number of carbonyl (C=O) groups is 2. The SMILES string of the molecule is COC(=O)CCCCC(=O)Nc1ccc(-n2[nH]c3c(cnc4c(F)cccc43)c2=O)cc1. The molecule has 4 rings (SSSR count). The Labute approximate surface area is 182 Å². The first-order chi connectivity index (χ1) is 15.5. The molecule has 2 aromatic heterocycles. The second kappa shape index (κ2) is 9.01. The fourth-order valence-corrected chi connectivity index (χ4v) is 3.51. The lowest BCUT2D eigenvalue weighted by atomic mass is 10.1. The van der Waals surface area contributed by atoms with Gasteiger partial charge in [0.25, 0.3) is 5.56 Å². The van der Waals surface area contributed by atoms with Crippen molar-refractivity contribution in [3.63, 3.8) is 0 Å². The Hall–Kier alpha value is -4.01. The molecule has 0 saturated carbocycles. The number of amides is 1. The Kier molecular flexibility index (Phi) is 5.98.